The molecule has 0 amide bonds. The molecule has 0 N–H and O–H groups in total. The third kappa shape index (κ3) is 3.68. The fourth-order valence-corrected chi connectivity index (χ4v) is 3.55. The van der Waals surface area contributed by atoms with Crippen molar-refractivity contribution in [3.05, 3.63) is 35.9 Å². The van der Waals surface area contributed by atoms with Gasteiger partial charge >= 0.3 is 0 Å². The van der Waals surface area contributed by atoms with E-state index >= 15 is 0 Å². The highest BCUT2D eigenvalue weighted by atomic mass is 16.8. The van der Waals surface area contributed by atoms with E-state index in [1.807, 2.05) is 18.2 Å². The molecule has 1 aliphatic heterocycles. The van der Waals surface area contributed by atoms with Crippen LogP contribution in [-0.4, -0.2) is 31.1 Å². The van der Waals surface area contributed by atoms with E-state index in [9.17, 15) is 4.79 Å². The van der Waals surface area contributed by atoms with Gasteiger partial charge in [-0.05, 0) is 18.4 Å². The van der Waals surface area contributed by atoms with Crippen molar-refractivity contribution in [2.24, 2.45) is 0 Å². The second kappa shape index (κ2) is 7.25. The van der Waals surface area contributed by atoms with Crippen LogP contribution in [0.1, 0.15) is 44.1 Å². The summed E-state index contributed by atoms with van der Waals surface area (Å²) in [6.45, 7) is 0.886. The number of hydrogen-bond acceptors (Lipinski definition) is 4. The zero-order valence-electron chi connectivity index (χ0n) is 12.9. The van der Waals surface area contributed by atoms with Gasteiger partial charge in [-0.25, -0.2) is 0 Å². The summed E-state index contributed by atoms with van der Waals surface area (Å²) in [4.78, 5) is 10.4. The van der Waals surface area contributed by atoms with Gasteiger partial charge in [0.25, 0.3) is 6.47 Å². The van der Waals surface area contributed by atoms with Gasteiger partial charge in [-0.2, -0.15) is 0 Å². The number of rotatable bonds is 6. The summed E-state index contributed by atoms with van der Waals surface area (Å²) in [5, 5.41) is 0. The van der Waals surface area contributed by atoms with Crippen molar-refractivity contribution in [3.63, 3.8) is 0 Å². The molecule has 1 heterocycles. The Kier molecular flexibility index (Phi) is 5.11. The smallest absolute Gasteiger partial charge is 0.293 e. The molecule has 0 bridgehead atoms. The third-order valence-electron chi connectivity index (χ3n) is 4.63. The van der Waals surface area contributed by atoms with Crippen molar-refractivity contribution in [3.8, 4) is 0 Å². The van der Waals surface area contributed by atoms with Crippen LogP contribution in [0.4, 0.5) is 0 Å². The molecule has 0 unspecified atom stereocenters. The van der Waals surface area contributed by atoms with Crippen molar-refractivity contribution in [2.75, 3.05) is 6.61 Å². The molecular formula is C18H24O4. The van der Waals surface area contributed by atoms with Gasteiger partial charge in [-0.3, -0.25) is 4.79 Å². The van der Waals surface area contributed by atoms with Gasteiger partial charge in [0.15, 0.2) is 5.79 Å². The van der Waals surface area contributed by atoms with Gasteiger partial charge in [0.05, 0.1) is 18.8 Å². The maximum absolute atomic E-state index is 10.4. The summed E-state index contributed by atoms with van der Waals surface area (Å²) in [7, 11) is 0. The maximum atomic E-state index is 10.4. The molecule has 1 aromatic carbocycles. The van der Waals surface area contributed by atoms with Crippen LogP contribution in [0.2, 0.25) is 0 Å². The average Bonchev–Trinajstić information content (AvgIpc) is 2.86. The highest BCUT2D eigenvalue weighted by Gasteiger charge is 2.47. The Bertz CT molecular complexity index is 467. The lowest BCUT2D eigenvalue weighted by Gasteiger charge is -2.32. The maximum Gasteiger partial charge on any atom is 0.293 e. The van der Waals surface area contributed by atoms with E-state index in [1.54, 1.807) is 0 Å². The Balaban J connectivity index is 1.67. The molecule has 0 aromatic heterocycles. The number of benzene rings is 1. The predicted molar refractivity (Wildman–Crippen MR) is 82.3 cm³/mol. The molecule has 1 spiro atoms. The van der Waals surface area contributed by atoms with E-state index in [4.69, 9.17) is 14.2 Å². The zero-order valence-corrected chi connectivity index (χ0v) is 12.9. The first-order chi connectivity index (χ1) is 10.8. The number of ether oxygens (including phenoxy) is 3. The summed E-state index contributed by atoms with van der Waals surface area (Å²) in [5.41, 5.74) is 1.25. The van der Waals surface area contributed by atoms with Crippen LogP contribution in [0, 0.1) is 0 Å². The van der Waals surface area contributed by atoms with Gasteiger partial charge in [-0.15, -0.1) is 0 Å². The van der Waals surface area contributed by atoms with Crippen LogP contribution < -0.4 is 0 Å². The first kappa shape index (κ1) is 15.5. The number of hydrogen-bond donors (Lipinski definition) is 0. The van der Waals surface area contributed by atoms with Crippen LogP contribution in [0.5, 0.6) is 0 Å². The second-order valence-corrected chi connectivity index (χ2v) is 6.23. The molecule has 0 radical (unpaired) electrons. The SMILES string of the molecule is O=COCC[C@H]1OC2(CCCCC2)O[C@@H]1Cc1ccccc1. The molecule has 1 aliphatic carbocycles. The van der Waals surface area contributed by atoms with Gasteiger partial charge in [-0.1, -0.05) is 36.8 Å². The molecule has 2 fully saturated rings. The highest BCUT2D eigenvalue weighted by Crippen LogP contribution is 2.42. The molecule has 1 saturated carbocycles. The van der Waals surface area contributed by atoms with Crippen molar-refractivity contribution >= 4 is 6.47 Å². The predicted octanol–water partition coefficient (Wildman–Crippen LogP) is 3.24. The van der Waals surface area contributed by atoms with Crippen LogP contribution in [0.15, 0.2) is 30.3 Å². The Morgan fingerprint density at radius 2 is 1.82 bits per heavy atom. The number of carbonyl (C=O) groups is 1. The third-order valence-corrected chi connectivity index (χ3v) is 4.63. The van der Waals surface area contributed by atoms with Gasteiger partial charge in [0.1, 0.15) is 0 Å². The topological polar surface area (TPSA) is 44.8 Å². The molecule has 22 heavy (non-hydrogen) atoms. The molecule has 4 nitrogen and oxygen atoms in total. The molecule has 2 atom stereocenters. The van der Waals surface area contributed by atoms with Crippen molar-refractivity contribution in [1.82, 2.24) is 0 Å². The molecule has 4 heteroatoms. The van der Waals surface area contributed by atoms with Crippen molar-refractivity contribution in [2.45, 2.75) is 62.9 Å². The fraction of sp³-hybridized carbons (Fsp3) is 0.611. The van der Waals surface area contributed by atoms with E-state index < -0.39 is 5.79 Å². The first-order valence-electron chi connectivity index (χ1n) is 8.26. The van der Waals surface area contributed by atoms with E-state index in [0.717, 1.165) is 32.1 Å². The van der Waals surface area contributed by atoms with E-state index in [0.29, 0.717) is 19.5 Å². The first-order valence-corrected chi connectivity index (χ1v) is 8.26. The highest BCUT2D eigenvalue weighted by molar-refractivity contribution is 5.36. The van der Waals surface area contributed by atoms with E-state index in [2.05, 4.69) is 12.1 Å². The molecule has 1 aromatic rings. The van der Waals surface area contributed by atoms with Crippen molar-refractivity contribution in [1.29, 1.82) is 0 Å². The lowest BCUT2D eigenvalue weighted by molar-refractivity contribution is -0.194. The zero-order chi connectivity index (χ0) is 15.3. The number of carbonyl (C=O) groups excluding carboxylic acids is 1. The minimum absolute atomic E-state index is 0.00161. The molecule has 3 rings (SSSR count). The Morgan fingerprint density at radius 3 is 2.55 bits per heavy atom. The molecule has 2 aliphatic rings. The summed E-state index contributed by atoms with van der Waals surface area (Å²) < 4.78 is 17.5. The minimum atomic E-state index is -0.399. The summed E-state index contributed by atoms with van der Waals surface area (Å²) in [6, 6.07) is 10.4. The quantitative estimate of drug-likeness (QED) is 0.598. The standard InChI is InChI=1S/C18H24O4/c19-14-20-12-9-16-17(13-15-7-3-1-4-8-15)22-18(21-16)10-5-2-6-11-18/h1,3-4,7-8,14,16-17H,2,5-6,9-13H2/t16-,17-/m1/s1. The Morgan fingerprint density at radius 1 is 1.09 bits per heavy atom. The monoisotopic (exact) mass is 304 g/mol. The Labute approximate surface area is 131 Å². The van der Waals surface area contributed by atoms with Crippen LogP contribution in [0.3, 0.4) is 0 Å². The summed E-state index contributed by atoms with van der Waals surface area (Å²) >= 11 is 0. The Hall–Kier alpha value is -1.39. The van der Waals surface area contributed by atoms with Crippen LogP contribution in [-0.2, 0) is 25.4 Å². The molecule has 120 valence electrons. The average molecular weight is 304 g/mol. The van der Waals surface area contributed by atoms with Crippen LogP contribution >= 0.6 is 0 Å². The normalized spacial score (nSPS) is 26.9. The van der Waals surface area contributed by atoms with Crippen molar-refractivity contribution < 1.29 is 19.0 Å². The molecule has 1 saturated heterocycles. The lowest BCUT2D eigenvalue weighted by Crippen LogP contribution is -2.33. The van der Waals surface area contributed by atoms with E-state index in [-0.39, 0.29) is 12.2 Å². The summed E-state index contributed by atoms with van der Waals surface area (Å²) in [5.74, 6) is -0.399. The lowest BCUT2D eigenvalue weighted by atomic mass is 9.94. The molecular weight excluding hydrogens is 280 g/mol. The van der Waals surface area contributed by atoms with Crippen LogP contribution in [0.25, 0.3) is 0 Å². The van der Waals surface area contributed by atoms with Gasteiger partial charge in [0.2, 0.25) is 0 Å². The second-order valence-electron chi connectivity index (χ2n) is 6.23. The van der Waals surface area contributed by atoms with Gasteiger partial charge < -0.3 is 14.2 Å². The minimum Gasteiger partial charge on any atom is -0.468 e. The fourth-order valence-electron chi connectivity index (χ4n) is 3.55. The van der Waals surface area contributed by atoms with E-state index in [1.165, 1.54) is 12.0 Å². The summed E-state index contributed by atoms with van der Waals surface area (Å²) in [6.07, 6.45) is 7.11. The van der Waals surface area contributed by atoms with Gasteiger partial charge in [0, 0.05) is 25.7 Å². The largest absolute Gasteiger partial charge is 0.468 e.